The largest absolute Gasteiger partial charge is 0.494 e. The first-order chi connectivity index (χ1) is 17.2. The predicted molar refractivity (Wildman–Crippen MR) is 144 cm³/mol. The number of unbranched alkanes of at least 4 members (excludes halogenated alkanes) is 10. The van der Waals surface area contributed by atoms with E-state index >= 15 is 0 Å². The van der Waals surface area contributed by atoms with Crippen LogP contribution in [0, 0.1) is 0 Å². The topological polar surface area (TPSA) is 44.2 Å². The fourth-order valence-corrected chi connectivity index (χ4v) is 4.10. The minimum absolute atomic E-state index is 0.491. The molecule has 0 N–H and O–H groups in total. The zero-order valence-electron chi connectivity index (χ0n) is 22.2. The van der Waals surface area contributed by atoms with E-state index in [0.717, 1.165) is 37.2 Å². The van der Waals surface area contributed by atoms with Crippen LogP contribution in [0.5, 0.6) is 11.5 Å². The van der Waals surface area contributed by atoms with Crippen molar-refractivity contribution >= 4 is 0 Å². The van der Waals surface area contributed by atoms with Crippen molar-refractivity contribution in [3.63, 3.8) is 0 Å². The van der Waals surface area contributed by atoms with E-state index in [1.165, 1.54) is 57.8 Å². The number of halogens is 1. The molecule has 196 valence electrons. The van der Waals surface area contributed by atoms with E-state index in [1.807, 2.05) is 24.3 Å². The molecule has 0 spiro atoms. The fraction of sp³-hybridized carbons (Fsp3) is 0.667. The Kier molecular flexibility index (Phi) is 15.8. The molecule has 0 fully saturated rings. The molecule has 2 rings (SSSR count). The zero-order chi connectivity index (χ0) is 25.0. The van der Waals surface area contributed by atoms with Crippen LogP contribution in [0.15, 0.2) is 36.7 Å². The molecule has 1 heterocycles. The van der Waals surface area contributed by atoms with Gasteiger partial charge in [-0.2, -0.15) is 0 Å². The second-order valence-corrected chi connectivity index (χ2v) is 9.53. The van der Waals surface area contributed by atoms with Crippen LogP contribution in [0.1, 0.15) is 110 Å². The highest BCUT2D eigenvalue weighted by Gasteiger charge is 2.07. The monoisotopic (exact) mass is 486 g/mol. The number of benzene rings is 1. The van der Waals surface area contributed by atoms with Crippen LogP contribution in [0.25, 0.3) is 11.4 Å². The van der Waals surface area contributed by atoms with Crippen LogP contribution < -0.4 is 9.47 Å². The Morgan fingerprint density at radius 1 is 0.629 bits per heavy atom. The lowest BCUT2D eigenvalue weighted by Crippen LogP contribution is -2.05. The molecule has 4 nitrogen and oxygen atoms in total. The molecule has 0 aliphatic heterocycles. The number of hydrogen-bond donors (Lipinski definition) is 0. The van der Waals surface area contributed by atoms with Crippen molar-refractivity contribution in [2.24, 2.45) is 0 Å². The van der Waals surface area contributed by atoms with Gasteiger partial charge in [0.05, 0.1) is 25.6 Å². The highest BCUT2D eigenvalue weighted by Crippen LogP contribution is 2.21. The van der Waals surface area contributed by atoms with Gasteiger partial charge in [0.1, 0.15) is 11.9 Å². The second-order valence-electron chi connectivity index (χ2n) is 9.53. The van der Waals surface area contributed by atoms with Gasteiger partial charge < -0.3 is 9.47 Å². The zero-order valence-corrected chi connectivity index (χ0v) is 22.2. The van der Waals surface area contributed by atoms with Crippen molar-refractivity contribution in [3.8, 4) is 22.9 Å². The van der Waals surface area contributed by atoms with E-state index in [9.17, 15) is 4.39 Å². The van der Waals surface area contributed by atoms with E-state index in [2.05, 4.69) is 23.8 Å². The summed E-state index contributed by atoms with van der Waals surface area (Å²) in [6, 6.07) is 7.88. The van der Waals surface area contributed by atoms with Gasteiger partial charge in [-0.3, -0.25) is 0 Å². The highest BCUT2D eigenvalue weighted by molar-refractivity contribution is 5.56. The number of ether oxygens (including phenoxy) is 2. The van der Waals surface area contributed by atoms with E-state index in [4.69, 9.17) is 9.47 Å². The maximum atomic E-state index is 14.1. The molecule has 35 heavy (non-hydrogen) atoms. The van der Waals surface area contributed by atoms with Crippen molar-refractivity contribution in [3.05, 3.63) is 36.7 Å². The van der Waals surface area contributed by atoms with Crippen molar-refractivity contribution < 1.29 is 13.9 Å². The van der Waals surface area contributed by atoms with Gasteiger partial charge in [-0.25, -0.2) is 14.4 Å². The van der Waals surface area contributed by atoms with Crippen molar-refractivity contribution in [2.75, 3.05) is 13.2 Å². The normalized spacial score (nSPS) is 12.0. The molecule has 0 aliphatic rings. The first-order valence-electron chi connectivity index (χ1n) is 14.0. The van der Waals surface area contributed by atoms with Gasteiger partial charge in [-0.1, -0.05) is 84.5 Å². The minimum Gasteiger partial charge on any atom is -0.494 e. The summed E-state index contributed by atoms with van der Waals surface area (Å²) in [5.74, 6) is 2.15. The Morgan fingerprint density at radius 2 is 1.14 bits per heavy atom. The average Bonchev–Trinajstić information content (AvgIpc) is 2.89. The minimum atomic E-state index is -0.722. The van der Waals surface area contributed by atoms with Crippen molar-refractivity contribution in [2.45, 2.75) is 116 Å². The lowest BCUT2D eigenvalue weighted by molar-refractivity contribution is 0.244. The molecule has 5 heteroatoms. The van der Waals surface area contributed by atoms with E-state index in [0.29, 0.717) is 37.4 Å². The van der Waals surface area contributed by atoms with Gasteiger partial charge in [-0.05, 0) is 49.9 Å². The molecule has 0 bridgehead atoms. The van der Waals surface area contributed by atoms with Crippen LogP contribution in [-0.2, 0) is 0 Å². The van der Waals surface area contributed by atoms with Crippen LogP contribution in [0.3, 0.4) is 0 Å². The maximum absolute atomic E-state index is 14.1. The first-order valence-corrected chi connectivity index (χ1v) is 14.0. The SMILES string of the molecule is CCCCCCCCCC[C@H](F)CCCOc1cnc(-c2ccc(OCCCCCC)cc2)nc1. The molecule has 0 radical (unpaired) electrons. The van der Waals surface area contributed by atoms with Gasteiger partial charge >= 0.3 is 0 Å². The fourth-order valence-electron chi connectivity index (χ4n) is 4.10. The molecular weight excluding hydrogens is 439 g/mol. The van der Waals surface area contributed by atoms with Gasteiger partial charge in [0.25, 0.3) is 0 Å². The number of aromatic nitrogens is 2. The molecule has 0 saturated carbocycles. The van der Waals surface area contributed by atoms with Crippen LogP contribution in [-0.4, -0.2) is 29.4 Å². The Labute approximate surface area is 213 Å². The summed E-state index contributed by atoms with van der Waals surface area (Å²) >= 11 is 0. The van der Waals surface area contributed by atoms with Crippen LogP contribution >= 0.6 is 0 Å². The quantitative estimate of drug-likeness (QED) is 0.165. The molecule has 0 saturated heterocycles. The number of nitrogens with zero attached hydrogens (tertiary/aromatic N) is 2. The number of alkyl halides is 1. The van der Waals surface area contributed by atoms with Crippen LogP contribution in [0.2, 0.25) is 0 Å². The smallest absolute Gasteiger partial charge is 0.159 e. The molecule has 2 aromatic rings. The van der Waals surface area contributed by atoms with E-state index in [1.54, 1.807) is 12.4 Å². The first kappa shape index (κ1) is 29.1. The van der Waals surface area contributed by atoms with Gasteiger partial charge in [0.2, 0.25) is 0 Å². The molecule has 1 aromatic carbocycles. The Morgan fingerprint density at radius 3 is 1.80 bits per heavy atom. The lowest BCUT2D eigenvalue weighted by atomic mass is 10.0. The van der Waals surface area contributed by atoms with Gasteiger partial charge in [0, 0.05) is 5.56 Å². The standard InChI is InChI=1S/C30H47FN2O2/c1-3-5-7-9-10-11-12-13-16-27(31)17-15-23-35-29-24-32-30(33-25-29)26-18-20-28(21-19-26)34-22-14-8-6-4-2/h18-21,24-25,27H,3-17,22-23H2,1-2H3/t27-/m0/s1. The third kappa shape index (κ3) is 13.5. The maximum Gasteiger partial charge on any atom is 0.159 e. The van der Waals surface area contributed by atoms with E-state index < -0.39 is 6.17 Å². The third-order valence-electron chi connectivity index (χ3n) is 6.31. The summed E-state index contributed by atoms with van der Waals surface area (Å²) in [5.41, 5.74) is 0.941. The summed E-state index contributed by atoms with van der Waals surface area (Å²) in [4.78, 5) is 8.84. The Hall–Kier alpha value is -2.17. The summed E-state index contributed by atoms with van der Waals surface area (Å²) in [6.07, 6.45) is 19.4. The molecule has 0 aliphatic carbocycles. The summed E-state index contributed by atoms with van der Waals surface area (Å²) in [7, 11) is 0. The van der Waals surface area contributed by atoms with Gasteiger partial charge in [-0.15, -0.1) is 0 Å². The molecular formula is C30H47FN2O2. The molecule has 0 amide bonds. The van der Waals surface area contributed by atoms with E-state index in [-0.39, 0.29) is 0 Å². The molecule has 0 unspecified atom stereocenters. The predicted octanol–water partition coefficient (Wildman–Crippen LogP) is 9.13. The Bertz CT molecular complexity index is 752. The molecule has 1 aromatic heterocycles. The summed E-state index contributed by atoms with van der Waals surface area (Å²) in [6.45, 7) is 5.69. The second kappa shape index (κ2) is 19.1. The third-order valence-corrected chi connectivity index (χ3v) is 6.31. The summed E-state index contributed by atoms with van der Waals surface area (Å²) < 4.78 is 25.6. The lowest BCUT2D eigenvalue weighted by Gasteiger charge is -2.10. The summed E-state index contributed by atoms with van der Waals surface area (Å²) in [5, 5.41) is 0. The van der Waals surface area contributed by atoms with Crippen LogP contribution in [0.4, 0.5) is 4.39 Å². The highest BCUT2D eigenvalue weighted by atomic mass is 19.1. The number of hydrogen-bond acceptors (Lipinski definition) is 4. The van der Waals surface area contributed by atoms with Crippen molar-refractivity contribution in [1.82, 2.24) is 9.97 Å². The van der Waals surface area contributed by atoms with Gasteiger partial charge in [0.15, 0.2) is 11.6 Å². The molecule has 1 atom stereocenters. The average molecular weight is 487 g/mol. The van der Waals surface area contributed by atoms with Crippen molar-refractivity contribution in [1.29, 1.82) is 0 Å². The Balaban J connectivity index is 1.56. The number of rotatable bonds is 21.